The quantitative estimate of drug-likeness (QED) is 0.362. The highest BCUT2D eigenvalue weighted by molar-refractivity contribution is 9.11. The summed E-state index contributed by atoms with van der Waals surface area (Å²) in [5.74, 6) is 0. The minimum Gasteiger partial charge on any atom is -0.113 e. The molecule has 0 spiro atoms. The van der Waals surface area contributed by atoms with Crippen molar-refractivity contribution >= 4 is 65.8 Å². The first-order valence-electron chi connectivity index (χ1n) is 6.34. The first kappa shape index (κ1) is 15.4. The molecule has 0 saturated heterocycles. The van der Waals surface area contributed by atoms with Crippen LogP contribution in [0, 0.1) is 0 Å². The highest BCUT2D eigenvalue weighted by atomic mass is 79.9. The lowest BCUT2D eigenvalue weighted by atomic mass is 9.98. The molecule has 3 aromatic rings. The van der Waals surface area contributed by atoms with Crippen LogP contribution in [0.3, 0.4) is 0 Å². The molecule has 106 valence electrons. The monoisotopic (exact) mass is 442 g/mol. The van der Waals surface area contributed by atoms with Gasteiger partial charge in [-0.25, -0.2) is 0 Å². The molecule has 0 radical (unpaired) electrons. The molecule has 0 amide bonds. The van der Waals surface area contributed by atoms with Gasteiger partial charge in [0.2, 0.25) is 0 Å². The van der Waals surface area contributed by atoms with Crippen LogP contribution in [0.5, 0.6) is 0 Å². The zero-order chi connectivity index (χ0) is 15.0. The van der Waals surface area contributed by atoms with Crippen molar-refractivity contribution in [1.82, 2.24) is 0 Å². The summed E-state index contributed by atoms with van der Waals surface area (Å²) in [5, 5.41) is 2.63. The number of hydrogen-bond donors (Lipinski definition) is 0. The summed E-state index contributed by atoms with van der Waals surface area (Å²) >= 11 is 20.1. The van der Waals surface area contributed by atoms with E-state index in [-0.39, 0.29) is 5.38 Å². The van der Waals surface area contributed by atoms with Crippen LogP contribution in [-0.4, -0.2) is 0 Å². The van der Waals surface area contributed by atoms with E-state index in [0.29, 0.717) is 5.02 Å². The molecule has 0 fully saturated rings. The average molecular weight is 445 g/mol. The predicted octanol–water partition coefficient (Wildman–Crippen LogP) is 7.35. The summed E-state index contributed by atoms with van der Waals surface area (Å²) in [6.07, 6.45) is 0. The third-order valence-electron chi connectivity index (χ3n) is 3.43. The Labute approximate surface area is 150 Å². The lowest BCUT2D eigenvalue weighted by Crippen LogP contribution is -1.96. The van der Waals surface area contributed by atoms with Gasteiger partial charge in [-0.2, -0.15) is 0 Å². The van der Waals surface area contributed by atoms with Gasteiger partial charge in [0.15, 0.2) is 0 Å². The van der Waals surface area contributed by atoms with Crippen LogP contribution in [0.15, 0.2) is 63.5 Å². The summed E-state index contributed by atoms with van der Waals surface area (Å²) in [4.78, 5) is 0. The molecule has 0 aliphatic rings. The summed E-state index contributed by atoms with van der Waals surface area (Å²) in [6.45, 7) is 0. The van der Waals surface area contributed by atoms with Crippen molar-refractivity contribution in [2.24, 2.45) is 0 Å². The van der Waals surface area contributed by atoms with Gasteiger partial charge in [0.05, 0.1) is 10.4 Å². The molecule has 1 atom stereocenters. The Bertz CT molecular complexity index is 815. The van der Waals surface area contributed by atoms with Crippen molar-refractivity contribution in [3.8, 4) is 0 Å². The number of hydrogen-bond acceptors (Lipinski definition) is 0. The summed E-state index contributed by atoms with van der Waals surface area (Å²) in [7, 11) is 0. The average Bonchev–Trinajstić information content (AvgIpc) is 2.50. The molecule has 0 heterocycles. The van der Waals surface area contributed by atoms with Crippen molar-refractivity contribution in [3.63, 3.8) is 0 Å². The van der Waals surface area contributed by atoms with E-state index in [1.54, 1.807) is 0 Å². The van der Waals surface area contributed by atoms with Crippen LogP contribution in [0.4, 0.5) is 0 Å². The molecular formula is C17H10Br2Cl2. The van der Waals surface area contributed by atoms with Gasteiger partial charge in [-0.1, -0.05) is 70.0 Å². The largest absolute Gasteiger partial charge is 0.113 e. The highest BCUT2D eigenvalue weighted by Gasteiger charge is 2.18. The van der Waals surface area contributed by atoms with Gasteiger partial charge in [-0.05, 0) is 50.0 Å². The normalized spacial score (nSPS) is 12.6. The smallest absolute Gasteiger partial charge is 0.0856 e. The maximum Gasteiger partial charge on any atom is 0.0856 e. The van der Waals surface area contributed by atoms with E-state index in [1.165, 1.54) is 0 Å². The molecular weight excluding hydrogens is 435 g/mol. The summed E-state index contributed by atoms with van der Waals surface area (Å²) in [6, 6.07) is 18.1. The van der Waals surface area contributed by atoms with E-state index in [9.17, 15) is 0 Å². The van der Waals surface area contributed by atoms with Gasteiger partial charge in [-0.15, -0.1) is 11.6 Å². The van der Waals surface area contributed by atoms with Crippen molar-refractivity contribution in [2.45, 2.75) is 5.38 Å². The number of rotatable bonds is 2. The third-order valence-corrected chi connectivity index (χ3v) is 5.90. The number of fused-ring (bicyclic) bond motifs is 1. The number of benzene rings is 3. The molecule has 3 aromatic carbocycles. The fourth-order valence-electron chi connectivity index (χ4n) is 2.39. The van der Waals surface area contributed by atoms with Gasteiger partial charge in [0.1, 0.15) is 0 Å². The van der Waals surface area contributed by atoms with E-state index in [2.05, 4.69) is 44.0 Å². The second-order valence-electron chi connectivity index (χ2n) is 4.69. The van der Waals surface area contributed by atoms with E-state index in [0.717, 1.165) is 30.8 Å². The molecule has 3 rings (SSSR count). The van der Waals surface area contributed by atoms with Crippen LogP contribution in [0.2, 0.25) is 5.02 Å². The Morgan fingerprint density at radius 3 is 2.19 bits per heavy atom. The van der Waals surface area contributed by atoms with Gasteiger partial charge in [-0.3, -0.25) is 0 Å². The van der Waals surface area contributed by atoms with Crippen LogP contribution in [0.1, 0.15) is 16.5 Å². The Kier molecular flexibility index (Phi) is 4.60. The van der Waals surface area contributed by atoms with Crippen molar-refractivity contribution in [1.29, 1.82) is 0 Å². The Morgan fingerprint density at radius 2 is 1.43 bits per heavy atom. The van der Waals surface area contributed by atoms with Crippen LogP contribution in [0.25, 0.3) is 10.8 Å². The number of halogens is 4. The van der Waals surface area contributed by atoms with Crippen LogP contribution >= 0.6 is 55.1 Å². The zero-order valence-corrected chi connectivity index (χ0v) is 15.5. The third kappa shape index (κ3) is 2.87. The highest BCUT2D eigenvalue weighted by Crippen LogP contribution is 2.40. The van der Waals surface area contributed by atoms with E-state index in [4.69, 9.17) is 23.2 Å². The van der Waals surface area contributed by atoms with Crippen LogP contribution in [-0.2, 0) is 0 Å². The lowest BCUT2D eigenvalue weighted by Gasteiger charge is -2.16. The first-order valence-corrected chi connectivity index (χ1v) is 8.74. The Balaban J connectivity index is 2.21. The van der Waals surface area contributed by atoms with Gasteiger partial charge >= 0.3 is 0 Å². The second kappa shape index (κ2) is 6.29. The van der Waals surface area contributed by atoms with Crippen molar-refractivity contribution < 1.29 is 0 Å². The van der Waals surface area contributed by atoms with Crippen molar-refractivity contribution in [2.75, 3.05) is 0 Å². The standard InChI is InChI=1S/C17H10Br2Cl2/c18-14-9-8-12(10-4-1-2-5-11(10)14)16(20)13-6-3-7-15(19)17(13)21/h1-9,16H. The summed E-state index contributed by atoms with van der Waals surface area (Å²) < 4.78 is 1.92. The molecule has 0 aliphatic heterocycles. The maximum absolute atomic E-state index is 6.72. The van der Waals surface area contributed by atoms with Gasteiger partial charge < -0.3 is 0 Å². The van der Waals surface area contributed by atoms with E-state index in [1.807, 2.05) is 42.5 Å². The molecule has 0 nitrogen and oxygen atoms in total. The van der Waals surface area contributed by atoms with Gasteiger partial charge in [0.25, 0.3) is 0 Å². The molecule has 0 aliphatic carbocycles. The molecule has 0 saturated carbocycles. The fourth-order valence-corrected chi connectivity index (χ4v) is 3.91. The van der Waals surface area contributed by atoms with Crippen LogP contribution < -0.4 is 0 Å². The topological polar surface area (TPSA) is 0 Å². The van der Waals surface area contributed by atoms with E-state index >= 15 is 0 Å². The minimum atomic E-state index is -0.298. The minimum absolute atomic E-state index is 0.298. The first-order chi connectivity index (χ1) is 10.1. The molecule has 0 aromatic heterocycles. The predicted molar refractivity (Wildman–Crippen MR) is 98.5 cm³/mol. The number of alkyl halides is 1. The van der Waals surface area contributed by atoms with E-state index < -0.39 is 0 Å². The zero-order valence-electron chi connectivity index (χ0n) is 10.8. The molecule has 1 unspecified atom stereocenters. The molecule has 21 heavy (non-hydrogen) atoms. The van der Waals surface area contributed by atoms with Gasteiger partial charge in [0, 0.05) is 8.95 Å². The maximum atomic E-state index is 6.72. The fraction of sp³-hybridized carbons (Fsp3) is 0.0588. The second-order valence-corrected chi connectivity index (χ2v) is 7.21. The Morgan fingerprint density at radius 1 is 0.714 bits per heavy atom. The van der Waals surface area contributed by atoms with Crippen molar-refractivity contribution in [3.05, 3.63) is 79.7 Å². The SMILES string of the molecule is Clc1c(Br)cccc1C(Cl)c1ccc(Br)c2ccccc12. The molecule has 0 N–H and O–H groups in total. The lowest BCUT2D eigenvalue weighted by molar-refractivity contribution is 1.15. The molecule has 0 bridgehead atoms. The Hall–Kier alpha value is -0.540. The molecule has 4 heteroatoms. The summed E-state index contributed by atoms with van der Waals surface area (Å²) in [5.41, 5.74) is 1.95.